The van der Waals surface area contributed by atoms with Crippen LogP contribution in [0.5, 0.6) is 0 Å². The Hall–Kier alpha value is -0.820. The molecule has 0 aliphatic rings. The van der Waals surface area contributed by atoms with Crippen molar-refractivity contribution in [2.24, 2.45) is 17.6 Å². The van der Waals surface area contributed by atoms with Crippen molar-refractivity contribution in [3.05, 3.63) is 35.9 Å². The standard InChI is InChI=1S/C31H57N/c1-4-7-9-11-12-13-14-16-20-25-30(31(32)26-21-15-10-8-5-2)29(22-6-3)27-28-23-18-17-19-24-28/h17-19,23-24,29-31H,4-16,20-22,25-27,32H2,1-3H3. The van der Waals surface area contributed by atoms with Gasteiger partial charge >= 0.3 is 0 Å². The van der Waals surface area contributed by atoms with Crippen molar-refractivity contribution in [3.63, 3.8) is 0 Å². The van der Waals surface area contributed by atoms with E-state index >= 15 is 0 Å². The zero-order valence-corrected chi connectivity index (χ0v) is 22.1. The molecule has 0 aromatic heterocycles. The summed E-state index contributed by atoms with van der Waals surface area (Å²) in [7, 11) is 0. The summed E-state index contributed by atoms with van der Waals surface area (Å²) in [6, 6.07) is 11.5. The van der Waals surface area contributed by atoms with Gasteiger partial charge in [-0.2, -0.15) is 0 Å². The highest BCUT2D eigenvalue weighted by molar-refractivity contribution is 5.15. The summed E-state index contributed by atoms with van der Waals surface area (Å²) in [6.45, 7) is 6.95. The first kappa shape index (κ1) is 29.2. The lowest BCUT2D eigenvalue weighted by molar-refractivity contribution is 0.228. The van der Waals surface area contributed by atoms with E-state index < -0.39 is 0 Å². The zero-order valence-electron chi connectivity index (χ0n) is 22.1. The number of hydrogen-bond donors (Lipinski definition) is 1. The van der Waals surface area contributed by atoms with Gasteiger partial charge in [0.25, 0.3) is 0 Å². The molecule has 0 aliphatic carbocycles. The van der Waals surface area contributed by atoms with Crippen molar-refractivity contribution >= 4 is 0 Å². The fourth-order valence-electron chi connectivity index (χ4n) is 5.44. The van der Waals surface area contributed by atoms with E-state index in [-0.39, 0.29) is 0 Å². The van der Waals surface area contributed by atoms with Crippen molar-refractivity contribution in [1.29, 1.82) is 0 Å². The van der Waals surface area contributed by atoms with Gasteiger partial charge in [-0.25, -0.2) is 0 Å². The number of unbranched alkanes of at least 4 members (excludes halogenated alkanes) is 12. The molecule has 0 saturated heterocycles. The number of benzene rings is 1. The van der Waals surface area contributed by atoms with Gasteiger partial charge in [0.1, 0.15) is 0 Å². The SMILES string of the molecule is CCCCCCCCCCCC(C(N)CCCCCCC)C(CCC)Cc1ccccc1. The van der Waals surface area contributed by atoms with E-state index in [0.717, 1.165) is 5.92 Å². The molecule has 186 valence electrons. The van der Waals surface area contributed by atoms with Gasteiger partial charge in [0.05, 0.1) is 0 Å². The van der Waals surface area contributed by atoms with Crippen molar-refractivity contribution in [3.8, 4) is 0 Å². The molecule has 0 bridgehead atoms. The van der Waals surface area contributed by atoms with E-state index in [1.54, 1.807) is 0 Å². The Kier molecular flexibility index (Phi) is 19.0. The molecule has 3 unspecified atom stereocenters. The van der Waals surface area contributed by atoms with Crippen LogP contribution in [0.3, 0.4) is 0 Å². The Morgan fingerprint density at radius 1 is 0.562 bits per heavy atom. The number of rotatable bonds is 22. The Bertz CT molecular complexity index is 496. The van der Waals surface area contributed by atoms with E-state index in [1.165, 1.54) is 128 Å². The second kappa shape index (κ2) is 20.8. The van der Waals surface area contributed by atoms with Crippen molar-refractivity contribution in [2.45, 2.75) is 149 Å². The van der Waals surface area contributed by atoms with Gasteiger partial charge in [-0.15, -0.1) is 0 Å². The highest BCUT2D eigenvalue weighted by Gasteiger charge is 2.26. The zero-order chi connectivity index (χ0) is 23.3. The van der Waals surface area contributed by atoms with Crippen LogP contribution in [-0.4, -0.2) is 6.04 Å². The topological polar surface area (TPSA) is 26.0 Å². The van der Waals surface area contributed by atoms with Crippen LogP contribution in [0, 0.1) is 11.8 Å². The predicted molar refractivity (Wildman–Crippen MR) is 145 cm³/mol. The maximum Gasteiger partial charge on any atom is 0.00699 e. The lowest BCUT2D eigenvalue weighted by atomic mass is 9.75. The molecule has 1 heteroatoms. The largest absolute Gasteiger partial charge is 0.327 e. The van der Waals surface area contributed by atoms with Gasteiger partial charge in [0.2, 0.25) is 0 Å². The maximum atomic E-state index is 6.93. The van der Waals surface area contributed by atoms with Crippen LogP contribution < -0.4 is 5.73 Å². The Morgan fingerprint density at radius 3 is 1.59 bits per heavy atom. The van der Waals surface area contributed by atoms with Gasteiger partial charge in [0.15, 0.2) is 0 Å². The molecule has 0 amide bonds. The van der Waals surface area contributed by atoms with E-state index in [4.69, 9.17) is 5.73 Å². The fourth-order valence-corrected chi connectivity index (χ4v) is 5.44. The van der Waals surface area contributed by atoms with E-state index in [2.05, 4.69) is 51.1 Å². The molecule has 1 aromatic rings. The molecule has 0 aliphatic heterocycles. The van der Waals surface area contributed by atoms with Crippen molar-refractivity contribution in [1.82, 2.24) is 0 Å². The monoisotopic (exact) mass is 443 g/mol. The first-order valence-corrected chi connectivity index (χ1v) is 14.5. The lowest BCUT2D eigenvalue weighted by Crippen LogP contribution is -2.36. The van der Waals surface area contributed by atoms with Crippen LogP contribution in [0.25, 0.3) is 0 Å². The summed E-state index contributed by atoms with van der Waals surface area (Å²) < 4.78 is 0. The second-order valence-electron chi connectivity index (χ2n) is 10.4. The molecule has 1 rings (SSSR count). The van der Waals surface area contributed by atoms with Crippen molar-refractivity contribution in [2.75, 3.05) is 0 Å². The predicted octanol–water partition coefficient (Wildman–Crippen LogP) is 9.87. The quantitative estimate of drug-likeness (QED) is 0.177. The van der Waals surface area contributed by atoms with Gasteiger partial charge in [0, 0.05) is 6.04 Å². The molecule has 2 N–H and O–H groups in total. The van der Waals surface area contributed by atoms with Gasteiger partial charge in [-0.05, 0) is 36.7 Å². The number of hydrogen-bond acceptors (Lipinski definition) is 1. The molecule has 3 atom stereocenters. The van der Waals surface area contributed by atoms with Crippen molar-refractivity contribution < 1.29 is 0 Å². The average molecular weight is 444 g/mol. The van der Waals surface area contributed by atoms with Gasteiger partial charge in [-0.3, -0.25) is 0 Å². The molecule has 32 heavy (non-hydrogen) atoms. The summed E-state index contributed by atoms with van der Waals surface area (Å²) in [6.07, 6.45) is 25.8. The third-order valence-corrected chi connectivity index (χ3v) is 7.44. The van der Waals surface area contributed by atoms with Crippen LogP contribution in [0.4, 0.5) is 0 Å². The minimum Gasteiger partial charge on any atom is -0.327 e. The van der Waals surface area contributed by atoms with E-state index in [0.29, 0.717) is 12.0 Å². The lowest BCUT2D eigenvalue weighted by Gasteiger charge is -2.32. The maximum absolute atomic E-state index is 6.93. The minimum absolute atomic E-state index is 0.380. The summed E-state index contributed by atoms with van der Waals surface area (Å²) in [4.78, 5) is 0. The number of nitrogens with two attached hydrogens (primary N) is 1. The molecule has 0 saturated carbocycles. The van der Waals surface area contributed by atoms with Crippen LogP contribution in [0.1, 0.15) is 142 Å². The molecular weight excluding hydrogens is 386 g/mol. The highest BCUT2D eigenvalue weighted by atomic mass is 14.7. The summed E-state index contributed by atoms with van der Waals surface area (Å²) in [5.74, 6) is 1.42. The van der Waals surface area contributed by atoms with E-state index in [9.17, 15) is 0 Å². The minimum atomic E-state index is 0.380. The van der Waals surface area contributed by atoms with Crippen LogP contribution in [-0.2, 0) is 6.42 Å². The Labute approximate surface area is 202 Å². The normalized spacial score (nSPS) is 14.4. The third-order valence-electron chi connectivity index (χ3n) is 7.44. The molecule has 0 radical (unpaired) electrons. The first-order valence-electron chi connectivity index (χ1n) is 14.5. The first-order chi connectivity index (χ1) is 15.7. The molecule has 1 nitrogen and oxygen atoms in total. The molecule has 0 spiro atoms. The fraction of sp³-hybridized carbons (Fsp3) is 0.806. The Morgan fingerprint density at radius 2 is 1.06 bits per heavy atom. The average Bonchev–Trinajstić information content (AvgIpc) is 2.80. The third kappa shape index (κ3) is 14.4. The Balaban J connectivity index is 2.55. The summed E-state index contributed by atoms with van der Waals surface area (Å²) in [5, 5.41) is 0. The smallest absolute Gasteiger partial charge is 0.00699 e. The molecular formula is C31H57N. The van der Waals surface area contributed by atoms with Crippen LogP contribution in [0.2, 0.25) is 0 Å². The molecule has 0 heterocycles. The molecule has 1 aromatic carbocycles. The highest BCUT2D eigenvalue weighted by Crippen LogP contribution is 2.31. The summed E-state index contributed by atoms with van der Waals surface area (Å²) >= 11 is 0. The van der Waals surface area contributed by atoms with Gasteiger partial charge < -0.3 is 5.73 Å². The molecule has 0 fully saturated rings. The van der Waals surface area contributed by atoms with Gasteiger partial charge in [-0.1, -0.05) is 154 Å². The second-order valence-corrected chi connectivity index (χ2v) is 10.4. The van der Waals surface area contributed by atoms with Crippen LogP contribution in [0.15, 0.2) is 30.3 Å². The summed E-state index contributed by atoms with van der Waals surface area (Å²) in [5.41, 5.74) is 8.42. The van der Waals surface area contributed by atoms with Crippen LogP contribution >= 0.6 is 0 Å². The van der Waals surface area contributed by atoms with E-state index in [1.807, 2.05) is 0 Å².